The van der Waals surface area contributed by atoms with E-state index in [2.05, 4.69) is 17.4 Å². The molecule has 0 aromatic heterocycles. The number of esters is 1. The number of nitrogens with one attached hydrogen (secondary N) is 1. The fourth-order valence-corrected chi connectivity index (χ4v) is 1.58. The van der Waals surface area contributed by atoms with Crippen molar-refractivity contribution < 1.29 is 9.53 Å². The lowest BCUT2D eigenvalue weighted by atomic mass is 10.2. The first-order valence-corrected chi connectivity index (χ1v) is 6.44. The monoisotopic (exact) mass is 249 g/mol. The Morgan fingerprint density at radius 3 is 2.50 bits per heavy atom. The Morgan fingerprint density at radius 1 is 1.22 bits per heavy atom. The van der Waals surface area contributed by atoms with Crippen LogP contribution < -0.4 is 5.32 Å². The van der Waals surface area contributed by atoms with Crippen LogP contribution in [0.15, 0.2) is 30.3 Å². The number of carbonyl (C=O) groups excluding carboxylic acids is 1. The number of benzene rings is 1. The maximum absolute atomic E-state index is 11.4. The average molecular weight is 249 g/mol. The minimum absolute atomic E-state index is 0.121. The Kier molecular flexibility index (Phi) is 5.86. The van der Waals surface area contributed by atoms with Crippen molar-refractivity contribution in [1.29, 1.82) is 0 Å². The molecule has 0 aliphatic rings. The smallest absolute Gasteiger partial charge is 0.306 e. The van der Waals surface area contributed by atoms with E-state index in [0.717, 1.165) is 19.5 Å². The zero-order valence-corrected chi connectivity index (χ0v) is 11.5. The average Bonchev–Trinajstić information content (AvgIpc) is 2.27. The predicted octanol–water partition coefficient (Wildman–Crippen LogP) is 2.90. The van der Waals surface area contributed by atoms with Gasteiger partial charge in [0.25, 0.3) is 0 Å². The second kappa shape index (κ2) is 7.17. The van der Waals surface area contributed by atoms with Gasteiger partial charge in [-0.15, -0.1) is 0 Å². The first kappa shape index (κ1) is 14.7. The lowest BCUT2D eigenvalue weighted by molar-refractivity contribution is -0.154. The Bertz CT molecular complexity index is 355. The maximum atomic E-state index is 11.4. The summed E-state index contributed by atoms with van der Waals surface area (Å²) in [7, 11) is 0. The summed E-state index contributed by atoms with van der Waals surface area (Å²) in [5.41, 5.74) is 0.879. The molecule has 3 nitrogen and oxygen atoms in total. The molecule has 0 unspecified atom stereocenters. The predicted molar refractivity (Wildman–Crippen MR) is 73.2 cm³/mol. The van der Waals surface area contributed by atoms with Gasteiger partial charge in [-0.2, -0.15) is 0 Å². The van der Waals surface area contributed by atoms with E-state index in [1.807, 2.05) is 39.0 Å². The van der Waals surface area contributed by atoms with Crippen molar-refractivity contribution in [3.05, 3.63) is 35.9 Å². The molecule has 0 aliphatic carbocycles. The van der Waals surface area contributed by atoms with Gasteiger partial charge in [0.15, 0.2) is 0 Å². The highest BCUT2D eigenvalue weighted by Gasteiger charge is 2.15. The van der Waals surface area contributed by atoms with E-state index in [1.54, 1.807) is 0 Å². The van der Waals surface area contributed by atoms with Crippen molar-refractivity contribution in [3.63, 3.8) is 0 Å². The molecule has 1 N–H and O–H groups in total. The third-order valence-corrected chi connectivity index (χ3v) is 2.33. The molecule has 3 heteroatoms. The maximum Gasteiger partial charge on any atom is 0.306 e. The second-order valence-electron chi connectivity index (χ2n) is 5.35. The SMILES string of the molecule is CC(C)(C)OC(=O)CCCNCc1ccccc1. The number of rotatable bonds is 6. The fourth-order valence-electron chi connectivity index (χ4n) is 1.58. The molecular weight excluding hydrogens is 226 g/mol. The van der Waals surface area contributed by atoms with Crippen LogP contribution in [0.3, 0.4) is 0 Å². The van der Waals surface area contributed by atoms with Gasteiger partial charge >= 0.3 is 5.97 Å². The number of hydrogen-bond acceptors (Lipinski definition) is 3. The normalized spacial score (nSPS) is 11.3. The van der Waals surface area contributed by atoms with Crippen LogP contribution in [-0.2, 0) is 16.1 Å². The van der Waals surface area contributed by atoms with Gasteiger partial charge in [0.05, 0.1) is 0 Å². The topological polar surface area (TPSA) is 38.3 Å². The number of hydrogen-bond donors (Lipinski definition) is 1. The van der Waals surface area contributed by atoms with Gasteiger partial charge in [0.2, 0.25) is 0 Å². The molecule has 1 aromatic carbocycles. The van der Waals surface area contributed by atoms with Crippen LogP contribution in [0.4, 0.5) is 0 Å². The molecule has 0 atom stereocenters. The highest BCUT2D eigenvalue weighted by Crippen LogP contribution is 2.08. The van der Waals surface area contributed by atoms with Crippen molar-refractivity contribution in [3.8, 4) is 0 Å². The molecule has 0 saturated heterocycles. The molecule has 0 heterocycles. The van der Waals surface area contributed by atoms with Crippen LogP contribution in [0, 0.1) is 0 Å². The number of ether oxygens (including phenoxy) is 1. The summed E-state index contributed by atoms with van der Waals surface area (Å²) >= 11 is 0. The molecule has 0 radical (unpaired) electrons. The molecule has 0 aliphatic heterocycles. The van der Waals surface area contributed by atoms with Crippen LogP contribution in [0.1, 0.15) is 39.2 Å². The van der Waals surface area contributed by atoms with E-state index in [1.165, 1.54) is 5.56 Å². The first-order valence-electron chi connectivity index (χ1n) is 6.44. The van der Waals surface area contributed by atoms with Gasteiger partial charge in [-0.3, -0.25) is 4.79 Å². The van der Waals surface area contributed by atoms with Crippen molar-refractivity contribution in [1.82, 2.24) is 5.32 Å². The molecule has 1 aromatic rings. The Morgan fingerprint density at radius 2 is 1.89 bits per heavy atom. The Balaban J connectivity index is 2.07. The Labute approximate surface area is 110 Å². The van der Waals surface area contributed by atoms with Gasteiger partial charge in [0, 0.05) is 13.0 Å². The van der Waals surface area contributed by atoms with E-state index < -0.39 is 0 Å². The standard InChI is InChI=1S/C15H23NO2/c1-15(2,3)18-14(17)10-7-11-16-12-13-8-5-4-6-9-13/h4-6,8-9,16H,7,10-12H2,1-3H3. The quantitative estimate of drug-likeness (QED) is 0.622. The summed E-state index contributed by atoms with van der Waals surface area (Å²) in [6, 6.07) is 10.2. The summed E-state index contributed by atoms with van der Waals surface area (Å²) in [4.78, 5) is 11.4. The van der Waals surface area contributed by atoms with Crippen molar-refractivity contribution in [2.75, 3.05) is 6.54 Å². The van der Waals surface area contributed by atoms with E-state index in [-0.39, 0.29) is 11.6 Å². The molecule has 0 saturated carbocycles. The summed E-state index contributed by atoms with van der Waals surface area (Å²) < 4.78 is 5.24. The first-order chi connectivity index (χ1) is 8.47. The molecule has 0 amide bonds. The van der Waals surface area contributed by atoms with E-state index >= 15 is 0 Å². The van der Waals surface area contributed by atoms with Crippen LogP contribution >= 0.6 is 0 Å². The summed E-state index contributed by atoms with van der Waals surface area (Å²) in [6.07, 6.45) is 1.28. The third kappa shape index (κ3) is 7.07. The minimum Gasteiger partial charge on any atom is -0.460 e. The molecular formula is C15H23NO2. The lowest BCUT2D eigenvalue weighted by Gasteiger charge is -2.19. The van der Waals surface area contributed by atoms with Gasteiger partial charge in [-0.05, 0) is 39.3 Å². The molecule has 0 fully saturated rings. The van der Waals surface area contributed by atoms with E-state index in [9.17, 15) is 4.79 Å². The minimum atomic E-state index is -0.380. The van der Waals surface area contributed by atoms with Gasteiger partial charge in [-0.1, -0.05) is 30.3 Å². The van der Waals surface area contributed by atoms with E-state index in [4.69, 9.17) is 4.74 Å². The van der Waals surface area contributed by atoms with Crippen LogP contribution in [0.2, 0.25) is 0 Å². The summed E-state index contributed by atoms with van der Waals surface area (Å²) in [5, 5.41) is 3.31. The largest absolute Gasteiger partial charge is 0.460 e. The lowest BCUT2D eigenvalue weighted by Crippen LogP contribution is -2.24. The van der Waals surface area contributed by atoms with Gasteiger partial charge in [-0.25, -0.2) is 0 Å². The molecule has 100 valence electrons. The van der Waals surface area contributed by atoms with Crippen molar-refractivity contribution in [2.24, 2.45) is 0 Å². The summed E-state index contributed by atoms with van der Waals surface area (Å²) in [6.45, 7) is 7.33. The summed E-state index contributed by atoms with van der Waals surface area (Å²) in [5.74, 6) is -0.121. The van der Waals surface area contributed by atoms with Crippen molar-refractivity contribution in [2.45, 2.75) is 45.8 Å². The molecule has 18 heavy (non-hydrogen) atoms. The third-order valence-electron chi connectivity index (χ3n) is 2.33. The molecule has 1 rings (SSSR count). The van der Waals surface area contributed by atoms with Gasteiger partial charge in [0.1, 0.15) is 5.60 Å². The highest BCUT2D eigenvalue weighted by atomic mass is 16.6. The van der Waals surface area contributed by atoms with Crippen molar-refractivity contribution >= 4 is 5.97 Å². The zero-order valence-electron chi connectivity index (χ0n) is 11.5. The Hall–Kier alpha value is -1.35. The van der Waals surface area contributed by atoms with Gasteiger partial charge < -0.3 is 10.1 Å². The highest BCUT2D eigenvalue weighted by molar-refractivity contribution is 5.69. The molecule has 0 bridgehead atoms. The second-order valence-corrected chi connectivity index (χ2v) is 5.35. The van der Waals surface area contributed by atoms with Crippen LogP contribution in [-0.4, -0.2) is 18.1 Å². The molecule has 0 spiro atoms. The van der Waals surface area contributed by atoms with E-state index in [0.29, 0.717) is 6.42 Å². The van der Waals surface area contributed by atoms with Crippen LogP contribution in [0.5, 0.6) is 0 Å². The number of carbonyl (C=O) groups is 1. The van der Waals surface area contributed by atoms with Crippen LogP contribution in [0.25, 0.3) is 0 Å². The zero-order chi connectivity index (χ0) is 13.4. The fraction of sp³-hybridized carbons (Fsp3) is 0.533.